The quantitative estimate of drug-likeness (QED) is 0.842. The lowest BCUT2D eigenvalue weighted by Gasteiger charge is -2.23. The summed E-state index contributed by atoms with van der Waals surface area (Å²) in [6, 6.07) is 6.18. The SMILES string of the molecule is CNCc1cc(C)ccc1OCC1(O)CCCC1. The number of nitrogens with one attached hydrogen (secondary N) is 1. The molecular formula is C15H23NO2. The number of hydrogen-bond donors (Lipinski definition) is 2. The van der Waals surface area contributed by atoms with Gasteiger partial charge in [-0.2, -0.15) is 0 Å². The number of ether oxygens (including phenoxy) is 1. The third-order valence-electron chi connectivity index (χ3n) is 3.61. The van der Waals surface area contributed by atoms with E-state index in [4.69, 9.17) is 4.74 Å². The molecule has 3 nitrogen and oxygen atoms in total. The summed E-state index contributed by atoms with van der Waals surface area (Å²) in [5.41, 5.74) is 1.77. The fourth-order valence-corrected chi connectivity index (χ4v) is 2.57. The topological polar surface area (TPSA) is 41.5 Å². The maximum atomic E-state index is 10.3. The Morgan fingerprint density at radius 1 is 1.33 bits per heavy atom. The summed E-state index contributed by atoms with van der Waals surface area (Å²) in [5, 5.41) is 13.4. The van der Waals surface area contributed by atoms with Crippen LogP contribution in [0.2, 0.25) is 0 Å². The molecule has 2 N–H and O–H groups in total. The predicted octanol–water partition coefficient (Wildman–Crippen LogP) is 2.40. The third-order valence-corrected chi connectivity index (χ3v) is 3.61. The maximum absolute atomic E-state index is 10.3. The van der Waals surface area contributed by atoms with Gasteiger partial charge in [0.1, 0.15) is 12.4 Å². The van der Waals surface area contributed by atoms with E-state index in [2.05, 4.69) is 18.3 Å². The molecule has 0 saturated heterocycles. The lowest BCUT2D eigenvalue weighted by Crippen LogP contribution is -2.32. The molecule has 100 valence electrons. The van der Waals surface area contributed by atoms with Crippen LogP contribution in [-0.2, 0) is 6.54 Å². The molecule has 1 saturated carbocycles. The first-order valence-electron chi connectivity index (χ1n) is 6.72. The van der Waals surface area contributed by atoms with Gasteiger partial charge < -0.3 is 15.2 Å². The molecule has 18 heavy (non-hydrogen) atoms. The summed E-state index contributed by atoms with van der Waals surface area (Å²) in [4.78, 5) is 0. The Bertz CT molecular complexity index is 397. The molecule has 1 aromatic carbocycles. The molecule has 0 unspecified atom stereocenters. The van der Waals surface area contributed by atoms with E-state index in [-0.39, 0.29) is 0 Å². The van der Waals surface area contributed by atoms with Crippen LogP contribution in [0, 0.1) is 6.92 Å². The molecule has 0 aromatic heterocycles. The Hall–Kier alpha value is -1.06. The van der Waals surface area contributed by atoms with Crippen molar-refractivity contribution in [3.63, 3.8) is 0 Å². The Morgan fingerprint density at radius 2 is 2.06 bits per heavy atom. The number of aliphatic hydroxyl groups is 1. The highest BCUT2D eigenvalue weighted by atomic mass is 16.5. The van der Waals surface area contributed by atoms with E-state index >= 15 is 0 Å². The number of hydrogen-bond acceptors (Lipinski definition) is 3. The first-order valence-corrected chi connectivity index (χ1v) is 6.72. The standard InChI is InChI=1S/C15H23NO2/c1-12-5-6-14(13(9-12)10-16-2)18-11-15(17)7-3-4-8-15/h5-6,9,16-17H,3-4,7-8,10-11H2,1-2H3. The Morgan fingerprint density at radius 3 is 2.72 bits per heavy atom. The molecule has 0 amide bonds. The van der Waals surface area contributed by atoms with Gasteiger partial charge in [0.05, 0.1) is 5.60 Å². The van der Waals surface area contributed by atoms with Crippen LogP contribution in [0.5, 0.6) is 5.75 Å². The van der Waals surface area contributed by atoms with Crippen LogP contribution >= 0.6 is 0 Å². The molecule has 1 aliphatic carbocycles. The van der Waals surface area contributed by atoms with E-state index in [1.807, 2.05) is 19.2 Å². The van der Waals surface area contributed by atoms with Crippen molar-refractivity contribution in [1.82, 2.24) is 5.32 Å². The zero-order valence-electron chi connectivity index (χ0n) is 11.3. The minimum atomic E-state index is -0.609. The van der Waals surface area contributed by atoms with Crippen LogP contribution < -0.4 is 10.1 Å². The molecule has 0 radical (unpaired) electrons. The highest BCUT2D eigenvalue weighted by molar-refractivity contribution is 5.36. The van der Waals surface area contributed by atoms with E-state index in [9.17, 15) is 5.11 Å². The average molecular weight is 249 g/mol. The molecular weight excluding hydrogens is 226 g/mol. The van der Waals surface area contributed by atoms with Gasteiger partial charge >= 0.3 is 0 Å². The molecule has 0 atom stereocenters. The summed E-state index contributed by atoms with van der Waals surface area (Å²) in [6.45, 7) is 3.27. The van der Waals surface area contributed by atoms with Crippen LogP contribution in [0.25, 0.3) is 0 Å². The van der Waals surface area contributed by atoms with Crippen molar-refractivity contribution in [3.8, 4) is 5.75 Å². The molecule has 1 aromatic rings. The van der Waals surface area contributed by atoms with Gasteiger partial charge in [-0.05, 0) is 32.9 Å². The number of rotatable bonds is 5. The van der Waals surface area contributed by atoms with Crippen LogP contribution in [0.1, 0.15) is 36.8 Å². The Kier molecular flexibility index (Phi) is 4.25. The van der Waals surface area contributed by atoms with Gasteiger partial charge in [-0.1, -0.05) is 30.5 Å². The fraction of sp³-hybridized carbons (Fsp3) is 0.600. The summed E-state index contributed by atoms with van der Waals surface area (Å²) in [6.07, 6.45) is 3.94. The summed E-state index contributed by atoms with van der Waals surface area (Å²) >= 11 is 0. The first-order chi connectivity index (χ1) is 8.63. The van der Waals surface area contributed by atoms with E-state index in [0.29, 0.717) is 6.61 Å². The van der Waals surface area contributed by atoms with Gasteiger partial charge in [0.15, 0.2) is 0 Å². The maximum Gasteiger partial charge on any atom is 0.123 e. The highest BCUT2D eigenvalue weighted by Gasteiger charge is 2.32. The molecule has 0 heterocycles. The summed E-state index contributed by atoms with van der Waals surface area (Å²) < 4.78 is 5.84. The van der Waals surface area contributed by atoms with Gasteiger partial charge in [-0.15, -0.1) is 0 Å². The minimum Gasteiger partial charge on any atom is -0.490 e. The lowest BCUT2D eigenvalue weighted by molar-refractivity contribution is 0.00112. The first kappa shape index (κ1) is 13.4. The average Bonchev–Trinajstić information content (AvgIpc) is 2.76. The van der Waals surface area contributed by atoms with Crippen molar-refractivity contribution >= 4 is 0 Å². The van der Waals surface area contributed by atoms with Crippen molar-refractivity contribution in [1.29, 1.82) is 0 Å². The normalized spacial score (nSPS) is 17.9. The molecule has 3 heteroatoms. The summed E-state index contributed by atoms with van der Waals surface area (Å²) in [5.74, 6) is 0.885. The van der Waals surface area contributed by atoms with Crippen molar-refractivity contribution in [2.75, 3.05) is 13.7 Å². The van der Waals surface area contributed by atoms with Crippen LogP contribution in [0.3, 0.4) is 0 Å². The van der Waals surface area contributed by atoms with E-state index < -0.39 is 5.60 Å². The number of benzene rings is 1. The van der Waals surface area contributed by atoms with Crippen LogP contribution in [-0.4, -0.2) is 24.4 Å². The van der Waals surface area contributed by atoms with Crippen molar-refractivity contribution in [3.05, 3.63) is 29.3 Å². The molecule has 2 rings (SSSR count). The molecule has 0 aliphatic heterocycles. The lowest BCUT2D eigenvalue weighted by atomic mass is 10.0. The van der Waals surface area contributed by atoms with Crippen LogP contribution in [0.4, 0.5) is 0 Å². The summed E-state index contributed by atoms with van der Waals surface area (Å²) in [7, 11) is 1.93. The van der Waals surface area contributed by atoms with Crippen molar-refractivity contribution in [2.45, 2.75) is 44.8 Å². The molecule has 0 bridgehead atoms. The fourth-order valence-electron chi connectivity index (χ4n) is 2.57. The van der Waals surface area contributed by atoms with Gasteiger partial charge in [-0.25, -0.2) is 0 Å². The second kappa shape index (κ2) is 5.72. The highest BCUT2D eigenvalue weighted by Crippen LogP contribution is 2.30. The Labute approximate surface area is 109 Å². The smallest absolute Gasteiger partial charge is 0.123 e. The largest absolute Gasteiger partial charge is 0.490 e. The van der Waals surface area contributed by atoms with Gasteiger partial charge in [0.25, 0.3) is 0 Å². The second-order valence-corrected chi connectivity index (χ2v) is 5.36. The zero-order chi connectivity index (χ0) is 13.0. The van der Waals surface area contributed by atoms with E-state index in [1.165, 1.54) is 5.56 Å². The van der Waals surface area contributed by atoms with Gasteiger partial charge in [0.2, 0.25) is 0 Å². The third kappa shape index (κ3) is 3.24. The predicted molar refractivity (Wildman–Crippen MR) is 72.9 cm³/mol. The monoisotopic (exact) mass is 249 g/mol. The Balaban J connectivity index is 2.03. The molecule has 1 fully saturated rings. The van der Waals surface area contributed by atoms with E-state index in [0.717, 1.165) is 43.5 Å². The van der Waals surface area contributed by atoms with Gasteiger partial charge in [0, 0.05) is 12.1 Å². The van der Waals surface area contributed by atoms with Crippen LogP contribution in [0.15, 0.2) is 18.2 Å². The molecule has 0 spiro atoms. The van der Waals surface area contributed by atoms with E-state index in [1.54, 1.807) is 0 Å². The molecule has 1 aliphatic rings. The van der Waals surface area contributed by atoms with Crippen molar-refractivity contribution < 1.29 is 9.84 Å². The van der Waals surface area contributed by atoms with Gasteiger partial charge in [-0.3, -0.25) is 0 Å². The second-order valence-electron chi connectivity index (χ2n) is 5.36. The van der Waals surface area contributed by atoms with Crippen molar-refractivity contribution in [2.24, 2.45) is 0 Å². The zero-order valence-corrected chi connectivity index (χ0v) is 11.3. The number of aryl methyl sites for hydroxylation is 1. The minimum absolute atomic E-state index is 0.409.